The molecule has 0 bridgehead atoms. The molecule has 0 N–H and O–H groups in total. The van der Waals surface area contributed by atoms with E-state index in [1.807, 2.05) is 47.4 Å². The first kappa shape index (κ1) is 18.7. The predicted molar refractivity (Wildman–Crippen MR) is 107 cm³/mol. The molecule has 0 radical (unpaired) electrons. The van der Waals surface area contributed by atoms with Crippen LogP contribution in [0.4, 0.5) is 5.69 Å². The fraction of sp³-hybridized carbons (Fsp3) is 0.273. The third-order valence-electron chi connectivity index (χ3n) is 4.65. The Bertz CT molecular complexity index is 822. The molecule has 1 saturated heterocycles. The maximum Gasteiger partial charge on any atom is 0.254 e. The van der Waals surface area contributed by atoms with Crippen molar-refractivity contribution in [3.8, 4) is 5.75 Å². The molecule has 27 heavy (non-hydrogen) atoms. The van der Waals surface area contributed by atoms with Crippen LogP contribution in [0.5, 0.6) is 5.75 Å². The Kier molecular flexibility index (Phi) is 5.91. The number of benzene rings is 2. The van der Waals surface area contributed by atoms with Crippen molar-refractivity contribution in [2.75, 3.05) is 37.7 Å². The van der Waals surface area contributed by atoms with Gasteiger partial charge in [-0.25, -0.2) is 0 Å². The number of ketones is 1. The highest BCUT2D eigenvalue weighted by molar-refractivity contribution is 5.95. The van der Waals surface area contributed by atoms with Crippen molar-refractivity contribution in [1.82, 2.24) is 4.90 Å². The topological polar surface area (TPSA) is 49.9 Å². The molecule has 5 nitrogen and oxygen atoms in total. The van der Waals surface area contributed by atoms with Gasteiger partial charge in [0.15, 0.2) is 5.78 Å². The quantitative estimate of drug-likeness (QED) is 0.582. The minimum Gasteiger partial charge on any atom is -0.490 e. The number of piperazine rings is 1. The largest absolute Gasteiger partial charge is 0.490 e. The Morgan fingerprint density at radius 3 is 2.37 bits per heavy atom. The SMILES string of the molecule is C=CCOc1cccc(C(=O)N2CCN(c3ccc(C(C)=O)cc3)CC2)c1. The zero-order valence-corrected chi connectivity index (χ0v) is 15.6. The number of hydrogen-bond acceptors (Lipinski definition) is 4. The summed E-state index contributed by atoms with van der Waals surface area (Å²) < 4.78 is 5.51. The van der Waals surface area contributed by atoms with Gasteiger partial charge in [0.05, 0.1) is 0 Å². The molecule has 0 unspecified atom stereocenters. The van der Waals surface area contributed by atoms with Crippen molar-refractivity contribution in [2.45, 2.75) is 6.92 Å². The van der Waals surface area contributed by atoms with Crippen molar-refractivity contribution in [3.05, 3.63) is 72.3 Å². The number of ether oxygens (including phenoxy) is 1. The molecule has 0 aromatic heterocycles. The van der Waals surface area contributed by atoms with E-state index in [0.717, 1.165) is 18.8 Å². The minimum absolute atomic E-state index is 0.0191. The van der Waals surface area contributed by atoms with E-state index in [9.17, 15) is 9.59 Å². The normalized spacial score (nSPS) is 14.0. The summed E-state index contributed by atoms with van der Waals surface area (Å²) in [5.41, 5.74) is 2.42. The van der Waals surface area contributed by atoms with Gasteiger partial charge in [0.2, 0.25) is 0 Å². The Labute approximate surface area is 159 Å². The number of carbonyl (C=O) groups is 2. The molecule has 140 valence electrons. The van der Waals surface area contributed by atoms with Gasteiger partial charge in [0.1, 0.15) is 12.4 Å². The summed E-state index contributed by atoms with van der Waals surface area (Å²) in [6.45, 7) is 8.45. The number of Topliss-reactive ketones (excluding diaryl/α,β-unsaturated/α-hetero) is 1. The van der Waals surface area contributed by atoms with Gasteiger partial charge in [0.25, 0.3) is 5.91 Å². The van der Waals surface area contributed by atoms with Crippen LogP contribution in [0.3, 0.4) is 0 Å². The Morgan fingerprint density at radius 1 is 1.04 bits per heavy atom. The summed E-state index contributed by atoms with van der Waals surface area (Å²) in [6.07, 6.45) is 1.68. The summed E-state index contributed by atoms with van der Waals surface area (Å²) in [7, 11) is 0. The van der Waals surface area contributed by atoms with Gasteiger partial charge in [-0.05, 0) is 49.4 Å². The second kappa shape index (κ2) is 8.54. The van der Waals surface area contributed by atoms with Crippen molar-refractivity contribution in [2.24, 2.45) is 0 Å². The zero-order chi connectivity index (χ0) is 19.2. The van der Waals surface area contributed by atoms with Crippen molar-refractivity contribution in [1.29, 1.82) is 0 Å². The second-order valence-electron chi connectivity index (χ2n) is 6.51. The second-order valence-corrected chi connectivity index (χ2v) is 6.51. The zero-order valence-electron chi connectivity index (χ0n) is 15.6. The first-order valence-electron chi connectivity index (χ1n) is 9.07. The van der Waals surface area contributed by atoms with Crippen LogP contribution in [0.2, 0.25) is 0 Å². The Morgan fingerprint density at radius 2 is 1.74 bits per heavy atom. The van der Waals surface area contributed by atoms with Crippen LogP contribution in [-0.4, -0.2) is 49.4 Å². The molecule has 5 heteroatoms. The van der Waals surface area contributed by atoms with E-state index in [1.165, 1.54) is 0 Å². The summed E-state index contributed by atoms with van der Waals surface area (Å²) in [5.74, 6) is 0.756. The standard InChI is InChI=1S/C22H24N2O3/c1-3-15-27-21-6-4-5-19(16-21)22(26)24-13-11-23(12-14-24)20-9-7-18(8-10-20)17(2)25/h3-10,16H,1,11-15H2,2H3. The highest BCUT2D eigenvalue weighted by Crippen LogP contribution is 2.20. The molecule has 1 aliphatic heterocycles. The Balaban J connectivity index is 1.60. The summed E-state index contributed by atoms with van der Waals surface area (Å²) >= 11 is 0. The van der Waals surface area contributed by atoms with Crippen LogP contribution in [0.1, 0.15) is 27.6 Å². The van der Waals surface area contributed by atoms with Crippen LogP contribution in [0.15, 0.2) is 61.2 Å². The van der Waals surface area contributed by atoms with Crippen molar-refractivity contribution in [3.63, 3.8) is 0 Å². The van der Waals surface area contributed by atoms with Crippen LogP contribution in [0, 0.1) is 0 Å². The molecule has 0 spiro atoms. The lowest BCUT2D eigenvalue weighted by molar-refractivity contribution is 0.0746. The van der Waals surface area contributed by atoms with Gasteiger partial charge in [-0.2, -0.15) is 0 Å². The molecule has 0 saturated carbocycles. The van der Waals surface area contributed by atoms with Crippen molar-refractivity contribution < 1.29 is 14.3 Å². The molecular formula is C22H24N2O3. The molecule has 1 heterocycles. The van der Waals surface area contributed by atoms with E-state index in [0.29, 0.717) is 36.6 Å². The average molecular weight is 364 g/mol. The molecule has 2 aromatic rings. The maximum atomic E-state index is 12.8. The van der Waals surface area contributed by atoms with Gasteiger partial charge in [-0.1, -0.05) is 18.7 Å². The van der Waals surface area contributed by atoms with E-state index >= 15 is 0 Å². The first-order valence-corrected chi connectivity index (χ1v) is 9.07. The number of amides is 1. The first-order chi connectivity index (χ1) is 13.1. The third-order valence-corrected chi connectivity index (χ3v) is 4.65. The van der Waals surface area contributed by atoms with E-state index in [2.05, 4.69) is 11.5 Å². The summed E-state index contributed by atoms with van der Waals surface area (Å²) in [6, 6.07) is 14.9. The van der Waals surface area contributed by atoms with Crippen LogP contribution in [-0.2, 0) is 0 Å². The third kappa shape index (κ3) is 4.56. The minimum atomic E-state index is 0.0191. The number of rotatable bonds is 6. The molecule has 3 rings (SSSR count). The van der Waals surface area contributed by atoms with Gasteiger partial charge in [-0.3, -0.25) is 9.59 Å². The van der Waals surface area contributed by atoms with Gasteiger partial charge in [-0.15, -0.1) is 0 Å². The smallest absolute Gasteiger partial charge is 0.254 e. The fourth-order valence-electron chi connectivity index (χ4n) is 3.13. The maximum absolute atomic E-state index is 12.8. The van der Waals surface area contributed by atoms with Crippen LogP contribution in [0.25, 0.3) is 0 Å². The summed E-state index contributed by atoms with van der Waals surface area (Å²) in [4.78, 5) is 28.3. The van der Waals surface area contributed by atoms with Crippen molar-refractivity contribution >= 4 is 17.4 Å². The van der Waals surface area contributed by atoms with E-state index in [-0.39, 0.29) is 11.7 Å². The molecule has 0 atom stereocenters. The number of carbonyl (C=O) groups excluding carboxylic acids is 2. The lowest BCUT2D eigenvalue weighted by Crippen LogP contribution is -2.48. The molecule has 1 aliphatic rings. The summed E-state index contributed by atoms with van der Waals surface area (Å²) in [5, 5.41) is 0. The van der Waals surface area contributed by atoms with E-state index in [4.69, 9.17) is 4.74 Å². The van der Waals surface area contributed by atoms with Gasteiger partial charge in [0, 0.05) is 43.0 Å². The molecular weight excluding hydrogens is 340 g/mol. The van der Waals surface area contributed by atoms with Gasteiger partial charge >= 0.3 is 0 Å². The van der Waals surface area contributed by atoms with E-state index in [1.54, 1.807) is 19.1 Å². The number of nitrogens with zero attached hydrogens (tertiary/aromatic N) is 2. The average Bonchev–Trinajstić information content (AvgIpc) is 2.72. The lowest BCUT2D eigenvalue weighted by Gasteiger charge is -2.36. The number of anilines is 1. The van der Waals surface area contributed by atoms with E-state index < -0.39 is 0 Å². The predicted octanol–water partition coefficient (Wildman–Crippen LogP) is 3.42. The lowest BCUT2D eigenvalue weighted by atomic mass is 10.1. The highest BCUT2D eigenvalue weighted by Gasteiger charge is 2.22. The molecule has 1 amide bonds. The molecule has 1 fully saturated rings. The highest BCUT2D eigenvalue weighted by atomic mass is 16.5. The monoisotopic (exact) mass is 364 g/mol. The van der Waals surface area contributed by atoms with Gasteiger partial charge < -0.3 is 14.5 Å². The van der Waals surface area contributed by atoms with Crippen LogP contribution < -0.4 is 9.64 Å². The molecule has 0 aliphatic carbocycles. The number of hydrogen-bond donors (Lipinski definition) is 0. The Hall–Kier alpha value is -3.08. The fourth-order valence-corrected chi connectivity index (χ4v) is 3.13. The van der Waals surface area contributed by atoms with Crippen LogP contribution >= 0.6 is 0 Å². The molecule has 2 aromatic carbocycles.